The molecule has 108 valence electrons. The Balaban J connectivity index is 1.87. The molecule has 0 fully saturated rings. The number of benzene rings is 2. The second-order valence-corrected chi connectivity index (χ2v) is 4.92. The smallest absolute Gasteiger partial charge is 0.417 e. The van der Waals surface area contributed by atoms with Crippen molar-refractivity contribution in [2.24, 2.45) is 0 Å². The molecule has 2 aromatic carbocycles. The summed E-state index contributed by atoms with van der Waals surface area (Å²) in [6.07, 6.45) is 0.894. The number of nitrogens with one attached hydrogen (secondary N) is 2. The van der Waals surface area contributed by atoms with Gasteiger partial charge in [0.05, 0.1) is 11.6 Å². The van der Waals surface area contributed by atoms with Gasteiger partial charge in [-0.1, -0.05) is 19.1 Å². The monoisotopic (exact) mass is 284 g/mol. The van der Waals surface area contributed by atoms with Crippen LogP contribution in [0, 0.1) is 0 Å². The molecule has 0 saturated heterocycles. The molecule has 0 spiro atoms. The Bertz CT molecular complexity index is 802. The number of phenolic OH excluding ortho intramolecular Hbond substituents is 1. The highest BCUT2D eigenvalue weighted by Gasteiger charge is 2.10. The van der Waals surface area contributed by atoms with Crippen LogP contribution < -0.4 is 11.1 Å². The molecular weight excluding hydrogens is 268 g/mol. The summed E-state index contributed by atoms with van der Waals surface area (Å²) >= 11 is 0. The Kier molecular flexibility index (Phi) is 3.39. The Hall–Kier alpha value is -2.69. The van der Waals surface area contributed by atoms with Gasteiger partial charge >= 0.3 is 5.76 Å². The Labute approximate surface area is 121 Å². The second kappa shape index (κ2) is 5.36. The van der Waals surface area contributed by atoms with Crippen LogP contribution in [0.4, 0.5) is 5.69 Å². The zero-order valence-corrected chi connectivity index (χ0v) is 11.6. The van der Waals surface area contributed by atoms with E-state index in [0.717, 1.165) is 17.7 Å². The molecule has 5 heteroatoms. The van der Waals surface area contributed by atoms with Gasteiger partial charge in [0.25, 0.3) is 0 Å². The third kappa shape index (κ3) is 2.76. The lowest BCUT2D eigenvalue weighted by Crippen LogP contribution is -2.09. The summed E-state index contributed by atoms with van der Waals surface area (Å²) in [5, 5.41) is 12.8. The van der Waals surface area contributed by atoms with E-state index in [1.54, 1.807) is 18.2 Å². The van der Waals surface area contributed by atoms with Crippen LogP contribution in [0.25, 0.3) is 11.1 Å². The minimum atomic E-state index is -0.451. The van der Waals surface area contributed by atoms with E-state index in [9.17, 15) is 9.90 Å². The molecule has 0 aliphatic rings. The lowest BCUT2D eigenvalue weighted by Gasteiger charge is -2.18. The molecular formula is C16H16N2O3. The van der Waals surface area contributed by atoms with Gasteiger partial charge < -0.3 is 14.8 Å². The highest BCUT2D eigenvalue weighted by Crippen LogP contribution is 2.25. The van der Waals surface area contributed by atoms with Gasteiger partial charge in [-0.25, -0.2) is 4.79 Å². The van der Waals surface area contributed by atoms with E-state index in [4.69, 9.17) is 4.42 Å². The molecule has 0 saturated carbocycles. The molecule has 1 heterocycles. The van der Waals surface area contributed by atoms with Crippen molar-refractivity contribution in [3.8, 4) is 5.75 Å². The van der Waals surface area contributed by atoms with Gasteiger partial charge in [-0.05, 0) is 42.3 Å². The van der Waals surface area contributed by atoms with Crippen LogP contribution in [-0.2, 0) is 0 Å². The first-order chi connectivity index (χ1) is 10.2. The maximum Gasteiger partial charge on any atom is 0.417 e. The van der Waals surface area contributed by atoms with Crippen molar-refractivity contribution in [3.05, 3.63) is 58.6 Å². The molecule has 21 heavy (non-hydrogen) atoms. The molecule has 3 N–H and O–H groups in total. The lowest BCUT2D eigenvalue weighted by molar-refractivity contribution is 0.475. The quantitative estimate of drug-likeness (QED) is 0.686. The normalized spacial score (nSPS) is 12.4. The number of hydrogen-bond acceptors (Lipinski definition) is 4. The minimum Gasteiger partial charge on any atom is -0.508 e. The number of anilines is 1. The number of hydrogen-bond donors (Lipinski definition) is 3. The number of aromatic amines is 1. The molecule has 0 aliphatic heterocycles. The molecule has 0 bridgehead atoms. The fourth-order valence-corrected chi connectivity index (χ4v) is 2.37. The van der Waals surface area contributed by atoms with Crippen LogP contribution in [0.15, 0.2) is 51.7 Å². The summed E-state index contributed by atoms with van der Waals surface area (Å²) in [6.45, 7) is 2.09. The predicted octanol–water partition coefficient (Wildman–Crippen LogP) is 3.39. The van der Waals surface area contributed by atoms with E-state index < -0.39 is 5.76 Å². The molecule has 5 nitrogen and oxygen atoms in total. The summed E-state index contributed by atoms with van der Waals surface area (Å²) in [7, 11) is 0. The summed E-state index contributed by atoms with van der Waals surface area (Å²) in [6, 6.07) is 12.8. The van der Waals surface area contributed by atoms with Crippen molar-refractivity contribution in [1.82, 2.24) is 4.98 Å². The van der Waals surface area contributed by atoms with Crippen LogP contribution in [-0.4, -0.2) is 10.1 Å². The molecule has 0 aliphatic carbocycles. The maximum absolute atomic E-state index is 11.2. The van der Waals surface area contributed by atoms with E-state index in [0.29, 0.717) is 11.1 Å². The number of fused-ring (bicyclic) bond motifs is 1. The maximum atomic E-state index is 11.2. The number of oxazole rings is 1. The van der Waals surface area contributed by atoms with E-state index in [-0.39, 0.29) is 11.8 Å². The second-order valence-electron chi connectivity index (χ2n) is 4.92. The van der Waals surface area contributed by atoms with Crippen molar-refractivity contribution in [3.63, 3.8) is 0 Å². The average Bonchev–Trinajstić information content (AvgIpc) is 2.85. The summed E-state index contributed by atoms with van der Waals surface area (Å²) in [5.41, 5.74) is 3.21. The first-order valence-electron chi connectivity index (χ1n) is 6.84. The van der Waals surface area contributed by atoms with E-state index in [1.165, 1.54) is 0 Å². The third-order valence-electron chi connectivity index (χ3n) is 3.46. The highest BCUT2D eigenvalue weighted by atomic mass is 16.4. The fraction of sp³-hybridized carbons (Fsp3) is 0.188. The SMILES string of the molecule is CCC(Nc1ccc2oc(=O)[nH]c2c1)c1ccc(O)cc1. The number of aromatic nitrogens is 1. The summed E-state index contributed by atoms with van der Waals surface area (Å²) in [5.74, 6) is -0.196. The zero-order valence-electron chi connectivity index (χ0n) is 11.6. The molecule has 1 aromatic heterocycles. The third-order valence-corrected chi connectivity index (χ3v) is 3.46. The molecule has 3 aromatic rings. The number of H-pyrrole nitrogens is 1. The lowest BCUT2D eigenvalue weighted by atomic mass is 10.0. The largest absolute Gasteiger partial charge is 0.508 e. The molecule has 1 unspecified atom stereocenters. The summed E-state index contributed by atoms with van der Waals surface area (Å²) in [4.78, 5) is 13.8. The molecule has 0 amide bonds. The average molecular weight is 284 g/mol. The van der Waals surface area contributed by atoms with Gasteiger partial charge in [0.2, 0.25) is 0 Å². The van der Waals surface area contributed by atoms with Crippen LogP contribution in [0.3, 0.4) is 0 Å². The number of aromatic hydroxyl groups is 1. The van der Waals surface area contributed by atoms with Crippen LogP contribution in [0.1, 0.15) is 24.9 Å². The van der Waals surface area contributed by atoms with Crippen LogP contribution in [0.5, 0.6) is 5.75 Å². The van der Waals surface area contributed by atoms with Crippen molar-refractivity contribution in [2.75, 3.05) is 5.32 Å². The topological polar surface area (TPSA) is 78.3 Å². The van der Waals surface area contributed by atoms with Gasteiger partial charge in [0.15, 0.2) is 5.58 Å². The van der Waals surface area contributed by atoms with E-state index >= 15 is 0 Å². The molecule has 0 radical (unpaired) electrons. The van der Waals surface area contributed by atoms with Crippen LogP contribution in [0.2, 0.25) is 0 Å². The first-order valence-corrected chi connectivity index (χ1v) is 6.84. The van der Waals surface area contributed by atoms with Crippen molar-refractivity contribution in [2.45, 2.75) is 19.4 Å². The van der Waals surface area contributed by atoms with Gasteiger partial charge in [-0.2, -0.15) is 0 Å². The Morgan fingerprint density at radius 3 is 2.71 bits per heavy atom. The first kappa shape index (κ1) is 13.3. The highest BCUT2D eigenvalue weighted by molar-refractivity contribution is 5.76. The van der Waals surface area contributed by atoms with Gasteiger partial charge in [-0.3, -0.25) is 4.98 Å². The standard InChI is InChI=1S/C16H16N2O3/c1-2-13(10-3-6-12(19)7-4-10)17-11-5-8-15-14(9-11)18-16(20)21-15/h3-9,13,17,19H,2H2,1H3,(H,18,20). The van der Waals surface area contributed by atoms with Gasteiger partial charge in [-0.15, -0.1) is 0 Å². The number of phenols is 1. The minimum absolute atomic E-state index is 0.127. The van der Waals surface area contributed by atoms with Crippen molar-refractivity contribution in [1.29, 1.82) is 0 Å². The predicted molar refractivity (Wildman–Crippen MR) is 81.6 cm³/mol. The molecule has 3 rings (SSSR count). The fourth-order valence-electron chi connectivity index (χ4n) is 2.37. The number of rotatable bonds is 4. The van der Waals surface area contributed by atoms with Crippen LogP contribution >= 0.6 is 0 Å². The van der Waals surface area contributed by atoms with E-state index in [2.05, 4.69) is 17.2 Å². The molecule has 1 atom stereocenters. The van der Waals surface area contributed by atoms with Crippen molar-refractivity contribution >= 4 is 16.8 Å². The summed E-state index contributed by atoms with van der Waals surface area (Å²) < 4.78 is 4.99. The van der Waals surface area contributed by atoms with Gasteiger partial charge in [0, 0.05) is 5.69 Å². The van der Waals surface area contributed by atoms with Gasteiger partial charge in [0.1, 0.15) is 5.75 Å². The van der Waals surface area contributed by atoms with E-state index in [1.807, 2.05) is 24.3 Å². The van der Waals surface area contributed by atoms with Crippen molar-refractivity contribution < 1.29 is 9.52 Å². The Morgan fingerprint density at radius 2 is 2.00 bits per heavy atom. The zero-order chi connectivity index (χ0) is 14.8. The Morgan fingerprint density at radius 1 is 1.24 bits per heavy atom.